The highest BCUT2D eigenvalue weighted by molar-refractivity contribution is 5.96. The van der Waals surface area contributed by atoms with Gasteiger partial charge in [0.15, 0.2) is 0 Å². The third-order valence-corrected chi connectivity index (χ3v) is 2.56. The van der Waals surface area contributed by atoms with Gasteiger partial charge in [-0.1, -0.05) is 30.3 Å². The van der Waals surface area contributed by atoms with Crippen LogP contribution >= 0.6 is 0 Å². The van der Waals surface area contributed by atoms with E-state index < -0.39 is 5.97 Å². The van der Waals surface area contributed by atoms with E-state index in [0.29, 0.717) is 17.7 Å². The lowest BCUT2D eigenvalue weighted by atomic mass is 9.99. The topological polar surface area (TPSA) is 66.4 Å². The Hall–Kier alpha value is -2.62. The zero-order chi connectivity index (χ0) is 13.0. The summed E-state index contributed by atoms with van der Waals surface area (Å²) in [4.78, 5) is 21.5. The molecular formula is C14H11NO3. The Bertz CT molecular complexity index is 593. The molecule has 90 valence electrons. The molecule has 0 saturated carbocycles. The first-order chi connectivity index (χ1) is 8.72. The van der Waals surface area contributed by atoms with Crippen molar-refractivity contribution < 1.29 is 14.7 Å². The quantitative estimate of drug-likeness (QED) is 0.808. The van der Waals surface area contributed by atoms with Crippen molar-refractivity contribution in [2.45, 2.75) is 0 Å². The number of carbonyl (C=O) groups excluding carboxylic acids is 1. The van der Waals surface area contributed by atoms with Gasteiger partial charge in [0.1, 0.15) is 0 Å². The van der Waals surface area contributed by atoms with Gasteiger partial charge in [-0.05, 0) is 29.3 Å². The maximum Gasteiger partial charge on any atom is 0.336 e. The Morgan fingerprint density at radius 1 is 1.11 bits per heavy atom. The van der Waals surface area contributed by atoms with Gasteiger partial charge >= 0.3 is 5.97 Å². The number of aromatic carboxylic acids is 1. The maximum absolute atomic E-state index is 11.1. The standard InChI is InChI=1S/C14H11NO3/c16-9-15-11-5-3-4-10(8-11)12-6-1-2-7-13(12)14(17)18/h1-9H,(H,15,16)(H,17,18). The number of carboxylic acid groups (broad SMARTS) is 1. The van der Waals surface area contributed by atoms with Crippen molar-refractivity contribution >= 4 is 18.1 Å². The zero-order valence-corrected chi connectivity index (χ0v) is 9.46. The van der Waals surface area contributed by atoms with Crippen LogP contribution < -0.4 is 5.32 Å². The molecule has 2 N–H and O–H groups in total. The second-order valence-corrected chi connectivity index (χ2v) is 3.69. The van der Waals surface area contributed by atoms with E-state index in [1.807, 2.05) is 0 Å². The summed E-state index contributed by atoms with van der Waals surface area (Å²) in [5, 5.41) is 11.7. The molecule has 18 heavy (non-hydrogen) atoms. The lowest BCUT2D eigenvalue weighted by Gasteiger charge is -2.07. The maximum atomic E-state index is 11.1. The first-order valence-corrected chi connectivity index (χ1v) is 5.35. The van der Waals surface area contributed by atoms with Crippen LogP contribution in [-0.4, -0.2) is 17.5 Å². The minimum atomic E-state index is -0.973. The van der Waals surface area contributed by atoms with Gasteiger partial charge < -0.3 is 10.4 Å². The highest BCUT2D eigenvalue weighted by Crippen LogP contribution is 2.25. The van der Waals surface area contributed by atoms with Crippen molar-refractivity contribution in [1.82, 2.24) is 0 Å². The summed E-state index contributed by atoms with van der Waals surface area (Å²) in [7, 11) is 0. The summed E-state index contributed by atoms with van der Waals surface area (Å²) < 4.78 is 0. The molecule has 2 rings (SSSR count). The van der Waals surface area contributed by atoms with Gasteiger partial charge in [0.05, 0.1) is 5.56 Å². The van der Waals surface area contributed by atoms with Crippen LogP contribution in [0.25, 0.3) is 11.1 Å². The average molecular weight is 241 g/mol. The van der Waals surface area contributed by atoms with E-state index in [1.165, 1.54) is 0 Å². The number of carboxylic acids is 1. The molecule has 0 saturated heterocycles. The van der Waals surface area contributed by atoms with Crippen LogP contribution in [0.2, 0.25) is 0 Å². The van der Waals surface area contributed by atoms with Crippen molar-refractivity contribution in [1.29, 1.82) is 0 Å². The Labute approximate surface area is 104 Å². The molecular weight excluding hydrogens is 230 g/mol. The minimum Gasteiger partial charge on any atom is -0.478 e. The summed E-state index contributed by atoms with van der Waals surface area (Å²) in [5.74, 6) is -0.973. The fourth-order valence-electron chi connectivity index (χ4n) is 1.77. The molecule has 0 aliphatic heterocycles. The molecule has 4 nitrogen and oxygen atoms in total. The van der Waals surface area contributed by atoms with Crippen LogP contribution in [0.5, 0.6) is 0 Å². The van der Waals surface area contributed by atoms with Gasteiger partial charge in [-0.2, -0.15) is 0 Å². The number of hydrogen-bond acceptors (Lipinski definition) is 2. The van der Waals surface area contributed by atoms with Crippen molar-refractivity contribution in [2.75, 3.05) is 5.32 Å². The Morgan fingerprint density at radius 2 is 1.89 bits per heavy atom. The molecule has 0 fully saturated rings. The smallest absolute Gasteiger partial charge is 0.336 e. The van der Waals surface area contributed by atoms with E-state index in [1.54, 1.807) is 48.5 Å². The highest BCUT2D eigenvalue weighted by Gasteiger charge is 2.10. The Morgan fingerprint density at radius 3 is 2.61 bits per heavy atom. The van der Waals surface area contributed by atoms with Gasteiger partial charge in [0, 0.05) is 5.69 Å². The third-order valence-electron chi connectivity index (χ3n) is 2.56. The summed E-state index contributed by atoms with van der Waals surface area (Å²) >= 11 is 0. The lowest BCUT2D eigenvalue weighted by molar-refractivity contribution is -0.105. The van der Waals surface area contributed by atoms with E-state index in [0.717, 1.165) is 5.56 Å². The van der Waals surface area contributed by atoms with Gasteiger partial charge in [0.25, 0.3) is 0 Å². The van der Waals surface area contributed by atoms with Gasteiger partial charge in [-0.15, -0.1) is 0 Å². The largest absolute Gasteiger partial charge is 0.478 e. The Kier molecular flexibility index (Phi) is 3.38. The number of hydrogen-bond donors (Lipinski definition) is 2. The number of rotatable bonds is 4. The van der Waals surface area contributed by atoms with Crippen molar-refractivity contribution in [3.05, 3.63) is 54.1 Å². The normalized spacial score (nSPS) is 9.78. The second-order valence-electron chi connectivity index (χ2n) is 3.69. The third kappa shape index (κ3) is 2.38. The molecule has 2 aromatic rings. The molecule has 0 aliphatic rings. The van der Waals surface area contributed by atoms with Gasteiger partial charge in [0.2, 0.25) is 6.41 Å². The fourth-order valence-corrected chi connectivity index (χ4v) is 1.77. The van der Waals surface area contributed by atoms with Crippen LogP contribution in [0.3, 0.4) is 0 Å². The molecule has 0 spiro atoms. The first kappa shape index (κ1) is 11.9. The molecule has 0 aliphatic carbocycles. The molecule has 0 unspecified atom stereocenters. The number of carbonyl (C=O) groups is 2. The van der Waals surface area contributed by atoms with Crippen molar-refractivity contribution in [3.63, 3.8) is 0 Å². The van der Waals surface area contributed by atoms with E-state index in [2.05, 4.69) is 5.32 Å². The van der Waals surface area contributed by atoms with Gasteiger partial charge in [-0.25, -0.2) is 4.79 Å². The number of nitrogens with one attached hydrogen (secondary N) is 1. The van der Waals surface area contributed by atoms with Crippen LogP contribution in [-0.2, 0) is 4.79 Å². The van der Waals surface area contributed by atoms with Crippen LogP contribution in [0.4, 0.5) is 5.69 Å². The van der Waals surface area contributed by atoms with E-state index in [4.69, 9.17) is 5.11 Å². The van der Waals surface area contributed by atoms with Crippen molar-refractivity contribution in [2.24, 2.45) is 0 Å². The SMILES string of the molecule is O=CNc1cccc(-c2ccccc2C(=O)O)c1. The van der Waals surface area contributed by atoms with Crippen molar-refractivity contribution in [3.8, 4) is 11.1 Å². The highest BCUT2D eigenvalue weighted by atomic mass is 16.4. The molecule has 2 aromatic carbocycles. The van der Waals surface area contributed by atoms with Gasteiger partial charge in [-0.3, -0.25) is 4.79 Å². The molecule has 0 aromatic heterocycles. The van der Waals surface area contributed by atoms with Crippen LogP contribution in [0.1, 0.15) is 10.4 Å². The van der Waals surface area contributed by atoms with E-state index in [-0.39, 0.29) is 5.56 Å². The predicted octanol–water partition coefficient (Wildman–Crippen LogP) is 2.62. The summed E-state index contributed by atoms with van der Waals surface area (Å²) in [6.45, 7) is 0. The summed E-state index contributed by atoms with van der Waals surface area (Å²) in [5.41, 5.74) is 2.24. The Balaban J connectivity index is 2.51. The summed E-state index contributed by atoms with van der Waals surface area (Å²) in [6.07, 6.45) is 0.586. The number of benzene rings is 2. The zero-order valence-electron chi connectivity index (χ0n) is 9.46. The number of anilines is 1. The molecule has 4 heteroatoms. The van der Waals surface area contributed by atoms with Crippen LogP contribution in [0.15, 0.2) is 48.5 Å². The van der Waals surface area contributed by atoms with Crippen LogP contribution in [0, 0.1) is 0 Å². The van der Waals surface area contributed by atoms with E-state index in [9.17, 15) is 9.59 Å². The first-order valence-electron chi connectivity index (χ1n) is 5.35. The monoisotopic (exact) mass is 241 g/mol. The number of amides is 1. The second kappa shape index (κ2) is 5.14. The molecule has 0 heterocycles. The average Bonchev–Trinajstić information content (AvgIpc) is 2.39. The predicted molar refractivity (Wildman–Crippen MR) is 68.5 cm³/mol. The molecule has 0 bridgehead atoms. The minimum absolute atomic E-state index is 0.237. The summed E-state index contributed by atoms with van der Waals surface area (Å²) in [6, 6.07) is 13.8. The molecule has 0 radical (unpaired) electrons. The fraction of sp³-hybridized carbons (Fsp3) is 0. The molecule has 1 amide bonds. The van der Waals surface area contributed by atoms with E-state index >= 15 is 0 Å². The lowest BCUT2D eigenvalue weighted by Crippen LogP contribution is -1.99. The molecule has 0 atom stereocenters.